The highest BCUT2D eigenvalue weighted by Crippen LogP contribution is 2.26. The molecule has 146 valence electrons. The van der Waals surface area contributed by atoms with E-state index < -0.39 is 10.0 Å². The molecule has 0 saturated carbocycles. The van der Waals surface area contributed by atoms with Crippen LogP contribution in [0.5, 0.6) is 0 Å². The lowest BCUT2D eigenvalue weighted by Crippen LogP contribution is -2.28. The third-order valence-electron chi connectivity index (χ3n) is 4.02. The van der Waals surface area contributed by atoms with Crippen molar-refractivity contribution in [1.82, 2.24) is 14.5 Å². The van der Waals surface area contributed by atoms with Crippen LogP contribution in [0.2, 0.25) is 0 Å². The van der Waals surface area contributed by atoms with E-state index in [1.165, 1.54) is 22.7 Å². The minimum absolute atomic E-state index is 0.189. The Hall–Kier alpha value is -2.62. The number of sulfonamides is 1. The second-order valence-electron chi connectivity index (χ2n) is 6.07. The molecule has 0 aliphatic carbocycles. The lowest BCUT2D eigenvalue weighted by atomic mass is 10.2. The fourth-order valence-electron chi connectivity index (χ4n) is 2.51. The van der Waals surface area contributed by atoms with E-state index in [1.807, 2.05) is 30.3 Å². The van der Waals surface area contributed by atoms with E-state index >= 15 is 0 Å². The van der Waals surface area contributed by atoms with E-state index in [-0.39, 0.29) is 23.8 Å². The van der Waals surface area contributed by atoms with Crippen LogP contribution in [-0.2, 0) is 14.8 Å². The first kappa shape index (κ1) is 20.1. The van der Waals surface area contributed by atoms with E-state index in [0.717, 1.165) is 10.6 Å². The molecule has 28 heavy (non-hydrogen) atoms. The van der Waals surface area contributed by atoms with Crippen molar-refractivity contribution in [1.29, 1.82) is 0 Å². The first-order valence-corrected chi connectivity index (χ1v) is 10.9. The highest BCUT2D eigenvalue weighted by Gasteiger charge is 2.20. The maximum absolute atomic E-state index is 12.4. The average Bonchev–Trinajstić information content (AvgIpc) is 3.17. The number of carbonyl (C=O) groups is 1. The van der Waals surface area contributed by atoms with Crippen molar-refractivity contribution in [3.63, 3.8) is 0 Å². The number of amides is 1. The monoisotopic (exact) mass is 416 g/mol. The van der Waals surface area contributed by atoms with Crippen LogP contribution in [0.1, 0.15) is 12.8 Å². The summed E-state index contributed by atoms with van der Waals surface area (Å²) in [4.78, 5) is 12.4. The molecule has 1 aromatic heterocycles. The molecule has 9 heteroatoms. The zero-order valence-electron chi connectivity index (χ0n) is 15.3. The third-order valence-corrected chi connectivity index (χ3v) is 6.78. The lowest BCUT2D eigenvalue weighted by molar-refractivity contribution is -0.116. The summed E-state index contributed by atoms with van der Waals surface area (Å²) >= 11 is 1.30. The van der Waals surface area contributed by atoms with Gasteiger partial charge < -0.3 is 5.32 Å². The van der Waals surface area contributed by atoms with Crippen LogP contribution >= 0.6 is 11.3 Å². The summed E-state index contributed by atoms with van der Waals surface area (Å²) in [6, 6.07) is 17.8. The number of rotatable bonds is 8. The number of benzene rings is 2. The molecule has 0 fully saturated rings. The Morgan fingerprint density at radius 2 is 1.68 bits per heavy atom. The molecule has 1 N–H and O–H groups in total. The molecular formula is C19H20N4O3S2. The van der Waals surface area contributed by atoms with Gasteiger partial charge in [-0.05, 0) is 18.6 Å². The summed E-state index contributed by atoms with van der Waals surface area (Å²) in [5, 5.41) is 11.9. The van der Waals surface area contributed by atoms with Gasteiger partial charge in [-0.15, -0.1) is 10.2 Å². The summed E-state index contributed by atoms with van der Waals surface area (Å²) in [5.41, 5.74) is 0.938. The van der Waals surface area contributed by atoms with Gasteiger partial charge in [-0.2, -0.15) is 0 Å². The minimum Gasteiger partial charge on any atom is -0.301 e. The van der Waals surface area contributed by atoms with Gasteiger partial charge in [0, 0.05) is 25.6 Å². The molecule has 3 aromatic rings. The van der Waals surface area contributed by atoms with Crippen molar-refractivity contribution < 1.29 is 13.2 Å². The highest BCUT2D eigenvalue weighted by atomic mass is 32.2. The summed E-state index contributed by atoms with van der Waals surface area (Å²) < 4.78 is 26.1. The van der Waals surface area contributed by atoms with Gasteiger partial charge >= 0.3 is 0 Å². The number of nitrogens with zero attached hydrogens (tertiary/aromatic N) is 3. The van der Waals surface area contributed by atoms with Crippen molar-refractivity contribution in [2.24, 2.45) is 0 Å². The molecule has 0 unspecified atom stereocenters. The van der Waals surface area contributed by atoms with Crippen molar-refractivity contribution >= 4 is 32.4 Å². The molecule has 0 atom stereocenters. The number of nitrogens with one attached hydrogen (secondary N) is 1. The van der Waals surface area contributed by atoms with Gasteiger partial charge in [0.2, 0.25) is 21.1 Å². The maximum Gasteiger partial charge on any atom is 0.242 e. The Labute approximate surface area is 168 Å². The van der Waals surface area contributed by atoms with Crippen LogP contribution in [-0.4, -0.2) is 42.4 Å². The smallest absolute Gasteiger partial charge is 0.242 e. The Morgan fingerprint density at radius 3 is 2.36 bits per heavy atom. The lowest BCUT2D eigenvalue weighted by Gasteiger charge is -2.16. The van der Waals surface area contributed by atoms with Crippen LogP contribution < -0.4 is 5.32 Å². The van der Waals surface area contributed by atoms with E-state index in [1.54, 1.807) is 30.3 Å². The number of hydrogen-bond acceptors (Lipinski definition) is 6. The van der Waals surface area contributed by atoms with Crippen molar-refractivity contribution in [3.05, 3.63) is 60.7 Å². The topological polar surface area (TPSA) is 92.3 Å². The molecule has 0 aliphatic rings. The molecule has 3 rings (SSSR count). The van der Waals surface area contributed by atoms with Crippen LogP contribution in [0, 0.1) is 0 Å². The van der Waals surface area contributed by atoms with Crippen LogP contribution in [0.15, 0.2) is 65.6 Å². The molecule has 0 bridgehead atoms. The largest absolute Gasteiger partial charge is 0.301 e. The number of carbonyl (C=O) groups excluding carboxylic acids is 1. The van der Waals surface area contributed by atoms with Gasteiger partial charge in [0.25, 0.3) is 0 Å². The Bertz CT molecular complexity index is 1020. The quantitative estimate of drug-likeness (QED) is 0.609. The van der Waals surface area contributed by atoms with E-state index in [0.29, 0.717) is 11.6 Å². The SMILES string of the molecule is CN(CCCC(=O)Nc1nnc(-c2ccccc2)s1)S(=O)(=O)c1ccccc1. The highest BCUT2D eigenvalue weighted by molar-refractivity contribution is 7.89. The summed E-state index contributed by atoms with van der Waals surface area (Å²) in [6.45, 7) is 0.246. The molecule has 0 saturated heterocycles. The summed E-state index contributed by atoms with van der Waals surface area (Å²) in [5.74, 6) is -0.221. The molecule has 0 radical (unpaired) electrons. The third kappa shape index (κ3) is 5.00. The second-order valence-corrected chi connectivity index (χ2v) is 9.09. The van der Waals surface area contributed by atoms with Crippen molar-refractivity contribution in [3.8, 4) is 10.6 Å². The minimum atomic E-state index is -3.54. The number of anilines is 1. The van der Waals surface area contributed by atoms with Crippen molar-refractivity contribution in [2.75, 3.05) is 18.9 Å². The Kier molecular flexibility index (Phi) is 6.50. The van der Waals surface area contributed by atoms with Gasteiger partial charge in [0.15, 0.2) is 0 Å². The van der Waals surface area contributed by atoms with Gasteiger partial charge in [-0.3, -0.25) is 4.79 Å². The Morgan fingerprint density at radius 1 is 1.04 bits per heavy atom. The fraction of sp³-hybridized carbons (Fsp3) is 0.211. The molecule has 2 aromatic carbocycles. The van der Waals surface area contributed by atoms with Crippen LogP contribution in [0.25, 0.3) is 10.6 Å². The predicted octanol–water partition coefficient (Wildman–Crippen LogP) is 3.24. The van der Waals surface area contributed by atoms with Gasteiger partial charge in [0.1, 0.15) is 5.01 Å². The molecular weight excluding hydrogens is 396 g/mol. The second kappa shape index (κ2) is 9.05. The number of aromatic nitrogens is 2. The predicted molar refractivity (Wildman–Crippen MR) is 109 cm³/mol. The zero-order valence-corrected chi connectivity index (χ0v) is 16.9. The first-order chi connectivity index (χ1) is 13.5. The fourth-order valence-corrected chi connectivity index (χ4v) is 4.50. The van der Waals surface area contributed by atoms with Crippen LogP contribution in [0.4, 0.5) is 5.13 Å². The molecule has 1 amide bonds. The maximum atomic E-state index is 12.4. The van der Waals surface area contributed by atoms with Crippen molar-refractivity contribution in [2.45, 2.75) is 17.7 Å². The molecule has 7 nitrogen and oxygen atoms in total. The molecule has 0 spiro atoms. The normalized spacial score (nSPS) is 11.5. The van der Waals surface area contributed by atoms with Gasteiger partial charge in [-0.1, -0.05) is 59.9 Å². The van der Waals surface area contributed by atoms with E-state index in [4.69, 9.17) is 0 Å². The summed E-state index contributed by atoms with van der Waals surface area (Å²) in [6.07, 6.45) is 0.591. The standard InChI is InChI=1S/C19H20N4O3S2/c1-23(28(25,26)16-11-6-3-7-12-16)14-8-13-17(24)20-19-22-21-18(27-19)15-9-4-2-5-10-15/h2-7,9-12H,8,13-14H2,1H3,(H,20,22,24). The first-order valence-electron chi connectivity index (χ1n) is 8.67. The molecule has 0 aliphatic heterocycles. The number of hydrogen-bond donors (Lipinski definition) is 1. The zero-order chi connectivity index (χ0) is 20.0. The van der Waals surface area contributed by atoms with Crippen LogP contribution in [0.3, 0.4) is 0 Å². The van der Waals surface area contributed by atoms with Gasteiger partial charge in [-0.25, -0.2) is 12.7 Å². The van der Waals surface area contributed by atoms with E-state index in [2.05, 4.69) is 15.5 Å². The van der Waals surface area contributed by atoms with E-state index in [9.17, 15) is 13.2 Å². The Balaban J connectivity index is 1.49. The van der Waals surface area contributed by atoms with Gasteiger partial charge in [0.05, 0.1) is 4.90 Å². The average molecular weight is 417 g/mol. The molecule has 1 heterocycles. The summed E-state index contributed by atoms with van der Waals surface area (Å²) in [7, 11) is -2.03.